The van der Waals surface area contributed by atoms with Gasteiger partial charge in [-0.1, -0.05) is 28.9 Å². The number of aryl methyl sites for hydroxylation is 2. The smallest absolute Gasteiger partial charge is 0.103 e. The van der Waals surface area contributed by atoms with Gasteiger partial charge in [0.1, 0.15) is 6.07 Å². The monoisotopic (exact) mass is 360 g/mol. The van der Waals surface area contributed by atoms with E-state index >= 15 is 0 Å². The second kappa shape index (κ2) is 7.02. The molecule has 0 aliphatic carbocycles. The lowest BCUT2D eigenvalue weighted by Gasteiger charge is -2.13. The Labute approximate surface area is 138 Å². The fraction of sp³-hybridized carbons (Fsp3) is 0.235. The number of nitriles is 1. The molecule has 2 aromatic rings. The number of hydrogen-bond donors (Lipinski definition) is 1. The quantitative estimate of drug-likeness (QED) is 0.700. The van der Waals surface area contributed by atoms with Crippen LogP contribution in [0.25, 0.3) is 0 Å². The predicted octanol–water partition coefficient (Wildman–Crippen LogP) is 5.79. The number of anilines is 2. The number of halogens is 1. The van der Waals surface area contributed by atoms with E-state index in [9.17, 15) is 5.26 Å². The zero-order valence-electron chi connectivity index (χ0n) is 12.3. The highest BCUT2D eigenvalue weighted by Gasteiger charge is 2.09. The SMILES string of the molecule is CCSc1cccc(Nc2cc(C)c(Br)c(C)c2)c1C#N. The van der Waals surface area contributed by atoms with E-state index < -0.39 is 0 Å². The minimum Gasteiger partial charge on any atom is -0.354 e. The first-order valence-corrected chi connectivity index (χ1v) is 8.54. The van der Waals surface area contributed by atoms with Crippen LogP contribution in [0.3, 0.4) is 0 Å². The van der Waals surface area contributed by atoms with Gasteiger partial charge in [-0.2, -0.15) is 5.26 Å². The molecule has 0 spiro atoms. The fourth-order valence-corrected chi connectivity index (χ4v) is 3.21. The Kier molecular flexibility index (Phi) is 5.33. The molecule has 0 aromatic heterocycles. The molecular weight excluding hydrogens is 344 g/mol. The number of nitrogens with one attached hydrogen (secondary N) is 1. The third-order valence-electron chi connectivity index (χ3n) is 3.15. The Morgan fingerprint density at radius 3 is 2.48 bits per heavy atom. The lowest BCUT2D eigenvalue weighted by atomic mass is 10.1. The number of thioether (sulfide) groups is 1. The van der Waals surface area contributed by atoms with Crippen LogP contribution in [0.15, 0.2) is 39.7 Å². The molecule has 0 aliphatic rings. The average Bonchev–Trinajstić information content (AvgIpc) is 2.45. The first-order valence-electron chi connectivity index (χ1n) is 6.76. The van der Waals surface area contributed by atoms with Gasteiger partial charge >= 0.3 is 0 Å². The fourth-order valence-electron chi connectivity index (χ4n) is 2.20. The second-order valence-electron chi connectivity index (χ2n) is 4.77. The van der Waals surface area contributed by atoms with Crippen LogP contribution in [0.2, 0.25) is 0 Å². The zero-order valence-corrected chi connectivity index (χ0v) is 14.7. The van der Waals surface area contributed by atoms with Crippen LogP contribution < -0.4 is 5.32 Å². The number of nitrogens with zero attached hydrogens (tertiary/aromatic N) is 1. The minimum atomic E-state index is 0.711. The molecule has 0 atom stereocenters. The molecule has 0 unspecified atom stereocenters. The van der Waals surface area contributed by atoms with E-state index in [1.54, 1.807) is 11.8 Å². The third kappa shape index (κ3) is 3.61. The summed E-state index contributed by atoms with van der Waals surface area (Å²) in [5.41, 5.74) is 4.92. The molecule has 0 heterocycles. The second-order valence-corrected chi connectivity index (χ2v) is 6.87. The molecule has 21 heavy (non-hydrogen) atoms. The molecule has 108 valence electrons. The molecule has 2 nitrogen and oxygen atoms in total. The maximum absolute atomic E-state index is 9.45. The van der Waals surface area contributed by atoms with Gasteiger partial charge in [-0.3, -0.25) is 0 Å². The van der Waals surface area contributed by atoms with E-state index in [1.807, 2.05) is 18.2 Å². The minimum absolute atomic E-state index is 0.711. The van der Waals surface area contributed by atoms with Crippen LogP contribution in [-0.2, 0) is 0 Å². The molecule has 0 radical (unpaired) electrons. The van der Waals surface area contributed by atoms with E-state index in [-0.39, 0.29) is 0 Å². The lowest BCUT2D eigenvalue weighted by molar-refractivity contribution is 1.32. The van der Waals surface area contributed by atoms with Gasteiger partial charge in [0.25, 0.3) is 0 Å². The summed E-state index contributed by atoms with van der Waals surface area (Å²) in [6, 6.07) is 12.4. The van der Waals surface area contributed by atoms with Gasteiger partial charge < -0.3 is 5.32 Å². The normalized spacial score (nSPS) is 10.2. The van der Waals surface area contributed by atoms with Crippen molar-refractivity contribution >= 4 is 39.1 Å². The largest absolute Gasteiger partial charge is 0.354 e. The standard InChI is InChI=1S/C17H17BrN2S/c1-4-21-16-7-5-6-15(14(16)10-19)20-13-8-11(2)17(18)12(3)9-13/h5-9,20H,4H2,1-3H3. The molecule has 0 aliphatic heterocycles. The first kappa shape index (κ1) is 15.9. The summed E-state index contributed by atoms with van der Waals surface area (Å²) in [5, 5.41) is 12.8. The van der Waals surface area contributed by atoms with Crippen LogP contribution in [0, 0.1) is 25.2 Å². The summed E-state index contributed by atoms with van der Waals surface area (Å²) >= 11 is 5.27. The van der Waals surface area contributed by atoms with E-state index in [0.29, 0.717) is 5.56 Å². The summed E-state index contributed by atoms with van der Waals surface area (Å²) in [7, 11) is 0. The van der Waals surface area contributed by atoms with E-state index in [1.165, 1.54) is 11.1 Å². The Morgan fingerprint density at radius 1 is 1.24 bits per heavy atom. The van der Waals surface area contributed by atoms with Gasteiger partial charge in [-0.25, -0.2) is 0 Å². The van der Waals surface area contributed by atoms with Gasteiger partial charge in [0, 0.05) is 15.1 Å². The van der Waals surface area contributed by atoms with Crippen LogP contribution in [0.1, 0.15) is 23.6 Å². The molecule has 0 amide bonds. The third-order valence-corrected chi connectivity index (χ3v) is 5.34. The van der Waals surface area contributed by atoms with Crippen molar-refractivity contribution in [3.8, 4) is 6.07 Å². The predicted molar refractivity (Wildman–Crippen MR) is 94.5 cm³/mol. The number of rotatable bonds is 4. The summed E-state index contributed by atoms with van der Waals surface area (Å²) < 4.78 is 1.13. The summed E-state index contributed by atoms with van der Waals surface area (Å²) in [6.07, 6.45) is 0. The number of benzene rings is 2. The summed E-state index contributed by atoms with van der Waals surface area (Å²) in [5.74, 6) is 0.953. The molecule has 2 aromatic carbocycles. The molecular formula is C17H17BrN2S. The Bertz CT molecular complexity index is 681. The van der Waals surface area contributed by atoms with Crippen molar-refractivity contribution < 1.29 is 0 Å². The Balaban J connectivity index is 2.40. The van der Waals surface area contributed by atoms with Crippen molar-refractivity contribution in [3.63, 3.8) is 0 Å². The van der Waals surface area contributed by atoms with Gasteiger partial charge in [-0.05, 0) is 55.0 Å². The van der Waals surface area contributed by atoms with Crippen molar-refractivity contribution in [1.82, 2.24) is 0 Å². The van der Waals surface area contributed by atoms with Crippen molar-refractivity contribution in [2.45, 2.75) is 25.7 Å². The van der Waals surface area contributed by atoms with Crippen molar-refractivity contribution in [1.29, 1.82) is 5.26 Å². The average molecular weight is 361 g/mol. The van der Waals surface area contributed by atoms with Crippen LogP contribution in [0.5, 0.6) is 0 Å². The van der Waals surface area contributed by atoms with Crippen molar-refractivity contribution in [2.24, 2.45) is 0 Å². The highest BCUT2D eigenvalue weighted by Crippen LogP contribution is 2.31. The van der Waals surface area contributed by atoms with Gasteiger partial charge in [0.2, 0.25) is 0 Å². The molecule has 1 N–H and O–H groups in total. The zero-order chi connectivity index (χ0) is 15.4. The number of hydrogen-bond acceptors (Lipinski definition) is 3. The van der Waals surface area contributed by atoms with Gasteiger partial charge in [0.05, 0.1) is 11.3 Å². The van der Waals surface area contributed by atoms with Crippen molar-refractivity contribution in [2.75, 3.05) is 11.1 Å². The van der Waals surface area contributed by atoms with Gasteiger partial charge in [-0.15, -0.1) is 11.8 Å². The Hall–Kier alpha value is -1.44. The van der Waals surface area contributed by atoms with Crippen molar-refractivity contribution in [3.05, 3.63) is 51.5 Å². The maximum Gasteiger partial charge on any atom is 0.103 e. The lowest BCUT2D eigenvalue weighted by Crippen LogP contribution is -1.97. The molecule has 0 saturated heterocycles. The highest BCUT2D eigenvalue weighted by atomic mass is 79.9. The maximum atomic E-state index is 9.45. The van der Waals surface area contributed by atoms with Gasteiger partial charge in [0.15, 0.2) is 0 Å². The molecule has 0 fully saturated rings. The molecule has 2 rings (SSSR count). The Morgan fingerprint density at radius 2 is 1.90 bits per heavy atom. The summed E-state index contributed by atoms with van der Waals surface area (Å²) in [6.45, 7) is 6.22. The molecule has 0 bridgehead atoms. The van der Waals surface area contributed by atoms with Crippen LogP contribution in [0.4, 0.5) is 11.4 Å². The van der Waals surface area contributed by atoms with E-state index in [2.05, 4.69) is 60.2 Å². The van der Waals surface area contributed by atoms with E-state index in [0.717, 1.165) is 26.5 Å². The molecule has 4 heteroatoms. The van der Waals surface area contributed by atoms with Crippen LogP contribution >= 0.6 is 27.7 Å². The molecule has 0 saturated carbocycles. The highest BCUT2D eigenvalue weighted by molar-refractivity contribution is 9.10. The first-order chi connectivity index (χ1) is 10.1. The summed E-state index contributed by atoms with van der Waals surface area (Å²) in [4.78, 5) is 1.02. The van der Waals surface area contributed by atoms with Crippen LogP contribution in [-0.4, -0.2) is 5.75 Å². The topological polar surface area (TPSA) is 35.8 Å². The van der Waals surface area contributed by atoms with E-state index in [4.69, 9.17) is 0 Å².